The second-order valence-corrected chi connectivity index (χ2v) is 4.69. The van der Waals surface area contributed by atoms with Gasteiger partial charge in [-0.1, -0.05) is 25.5 Å². The Morgan fingerprint density at radius 1 is 1.45 bits per heavy atom. The SMILES string of the molecule is CCCCOC(=O)/C(C#N)=C/c1cc2cccc(OC)c2o1. The van der Waals surface area contributed by atoms with Crippen LogP contribution >= 0.6 is 0 Å². The van der Waals surface area contributed by atoms with E-state index in [1.165, 1.54) is 6.08 Å². The van der Waals surface area contributed by atoms with Crippen LogP contribution in [-0.2, 0) is 9.53 Å². The molecule has 0 atom stereocenters. The van der Waals surface area contributed by atoms with Gasteiger partial charge in [-0.2, -0.15) is 5.26 Å². The number of methoxy groups -OCH3 is 1. The van der Waals surface area contributed by atoms with Crippen molar-refractivity contribution in [3.05, 3.63) is 35.6 Å². The first-order chi connectivity index (χ1) is 10.7. The molecule has 114 valence electrons. The minimum absolute atomic E-state index is 0.0888. The Morgan fingerprint density at radius 3 is 2.95 bits per heavy atom. The van der Waals surface area contributed by atoms with Crippen LogP contribution in [0.5, 0.6) is 5.75 Å². The summed E-state index contributed by atoms with van der Waals surface area (Å²) in [7, 11) is 1.55. The Balaban J connectivity index is 2.26. The van der Waals surface area contributed by atoms with E-state index < -0.39 is 5.97 Å². The standard InChI is InChI=1S/C17H17NO4/c1-3-4-8-21-17(19)13(11-18)10-14-9-12-6-5-7-15(20-2)16(12)22-14/h5-7,9-10H,3-4,8H2,1-2H3/b13-10+. The van der Waals surface area contributed by atoms with Crippen LogP contribution in [0.3, 0.4) is 0 Å². The molecule has 0 N–H and O–H groups in total. The predicted molar refractivity (Wildman–Crippen MR) is 82.2 cm³/mol. The normalized spacial score (nSPS) is 11.2. The number of nitrogens with zero attached hydrogens (tertiary/aromatic N) is 1. The number of hydrogen-bond donors (Lipinski definition) is 0. The van der Waals surface area contributed by atoms with E-state index in [0.717, 1.165) is 18.2 Å². The van der Waals surface area contributed by atoms with Crippen molar-refractivity contribution < 1.29 is 18.7 Å². The molecule has 0 fully saturated rings. The van der Waals surface area contributed by atoms with Crippen molar-refractivity contribution in [1.29, 1.82) is 5.26 Å². The van der Waals surface area contributed by atoms with Crippen LogP contribution in [0.4, 0.5) is 0 Å². The molecule has 0 saturated heterocycles. The number of furan rings is 1. The smallest absolute Gasteiger partial charge is 0.349 e. The highest BCUT2D eigenvalue weighted by molar-refractivity contribution is 5.98. The zero-order valence-corrected chi connectivity index (χ0v) is 12.6. The Bertz CT molecular complexity index is 737. The van der Waals surface area contributed by atoms with Crippen molar-refractivity contribution in [3.63, 3.8) is 0 Å². The number of carbonyl (C=O) groups excluding carboxylic acids is 1. The fourth-order valence-electron chi connectivity index (χ4n) is 1.95. The Kier molecular flexibility index (Phi) is 5.21. The number of rotatable bonds is 6. The Morgan fingerprint density at radius 2 is 2.27 bits per heavy atom. The number of para-hydroxylation sites is 1. The van der Waals surface area contributed by atoms with Gasteiger partial charge in [0.05, 0.1) is 13.7 Å². The first-order valence-electron chi connectivity index (χ1n) is 7.05. The molecule has 22 heavy (non-hydrogen) atoms. The van der Waals surface area contributed by atoms with Crippen molar-refractivity contribution in [2.75, 3.05) is 13.7 Å². The van der Waals surface area contributed by atoms with Crippen molar-refractivity contribution in [1.82, 2.24) is 0 Å². The molecule has 1 heterocycles. The fraction of sp³-hybridized carbons (Fsp3) is 0.294. The van der Waals surface area contributed by atoms with E-state index in [-0.39, 0.29) is 5.57 Å². The molecule has 0 amide bonds. The molecule has 5 heteroatoms. The van der Waals surface area contributed by atoms with Crippen molar-refractivity contribution in [2.45, 2.75) is 19.8 Å². The van der Waals surface area contributed by atoms with Gasteiger partial charge in [-0.3, -0.25) is 0 Å². The van der Waals surface area contributed by atoms with Crippen LogP contribution in [0, 0.1) is 11.3 Å². The molecule has 0 saturated carbocycles. The second kappa shape index (κ2) is 7.32. The summed E-state index contributed by atoms with van der Waals surface area (Å²) in [6.45, 7) is 2.30. The van der Waals surface area contributed by atoms with Crippen LogP contribution in [0.1, 0.15) is 25.5 Å². The molecule has 0 spiro atoms. The molecule has 2 aromatic rings. The van der Waals surface area contributed by atoms with Gasteiger partial charge < -0.3 is 13.9 Å². The highest BCUT2D eigenvalue weighted by atomic mass is 16.5. The fourth-order valence-corrected chi connectivity index (χ4v) is 1.95. The van der Waals surface area contributed by atoms with E-state index in [1.807, 2.05) is 25.1 Å². The minimum Gasteiger partial charge on any atom is -0.493 e. The van der Waals surface area contributed by atoms with Gasteiger partial charge in [0.2, 0.25) is 0 Å². The molecule has 0 aliphatic rings. The molecule has 0 aliphatic carbocycles. The maximum absolute atomic E-state index is 11.8. The summed E-state index contributed by atoms with van der Waals surface area (Å²) < 4.78 is 15.9. The summed E-state index contributed by atoms with van der Waals surface area (Å²) in [5.74, 6) is 0.369. The van der Waals surface area contributed by atoms with Gasteiger partial charge in [-0.25, -0.2) is 4.79 Å². The summed E-state index contributed by atoms with van der Waals surface area (Å²) in [5, 5.41) is 9.94. The highest BCUT2D eigenvalue weighted by Crippen LogP contribution is 2.29. The lowest BCUT2D eigenvalue weighted by Gasteiger charge is -2.01. The topological polar surface area (TPSA) is 72.5 Å². The third-order valence-corrected chi connectivity index (χ3v) is 3.10. The predicted octanol–water partition coefficient (Wildman–Crippen LogP) is 3.69. The number of esters is 1. The minimum atomic E-state index is -0.636. The molecule has 1 aromatic heterocycles. The molecule has 1 aromatic carbocycles. The maximum atomic E-state index is 11.8. The molecule has 0 bridgehead atoms. The van der Waals surface area contributed by atoms with Crippen molar-refractivity contribution in [3.8, 4) is 11.8 Å². The number of ether oxygens (including phenoxy) is 2. The lowest BCUT2D eigenvalue weighted by Crippen LogP contribution is -2.07. The summed E-state index contributed by atoms with van der Waals surface area (Å²) in [6.07, 6.45) is 3.07. The number of benzene rings is 1. The van der Waals surface area contributed by atoms with Gasteiger partial charge in [-0.15, -0.1) is 0 Å². The van der Waals surface area contributed by atoms with Gasteiger partial charge >= 0.3 is 5.97 Å². The van der Waals surface area contributed by atoms with Gasteiger partial charge in [0.15, 0.2) is 11.3 Å². The van der Waals surface area contributed by atoms with E-state index in [9.17, 15) is 4.79 Å². The van der Waals surface area contributed by atoms with Crippen molar-refractivity contribution in [2.24, 2.45) is 0 Å². The van der Waals surface area contributed by atoms with E-state index >= 15 is 0 Å². The van der Waals surface area contributed by atoms with Crippen LogP contribution in [0.15, 0.2) is 34.3 Å². The van der Waals surface area contributed by atoms with Crippen LogP contribution in [0.2, 0.25) is 0 Å². The number of fused-ring (bicyclic) bond motifs is 1. The number of unbranched alkanes of at least 4 members (excludes halogenated alkanes) is 1. The quantitative estimate of drug-likeness (QED) is 0.352. The van der Waals surface area contributed by atoms with Gasteiger partial charge in [-0.05, 0) is 18.6 Å². The van der Waals surface area contributed by atoms with Gasteiger partial charge in [0, 0.05) is 11.5 Å². The summed E-state index contributed by atoms with van der Waals surface area (Å²) >= 11 is 0. The molecule has 0 unspecified atom stereocenters. The third kappa shape index (κ3) is 3.47. The second-order valence-electron chi connectivity index (χ2n) is 4.69. The molecule has 0 radical (unpaired) electrons. The number of nitriles is 1. The largest absolute Gasteiger partial charge is 0.493 e. The van der Waals surface area contributed by atoms with Gasteiger partial charge in [0.1, 0.15) is 17.4 Å². The first-order valence-corrected chi connectivity index (χ1v) is 7.05. The Hall–Kier alpha value is -2.74. The lowest BCUT2D eigenvalue weighted by atomic mass is 10.2. The van der Waals surface area contributed by atoms with E-state index in [2.05, 4.69) is 0 Å². The molecule has 5 nitrogen and oxygen atoms in total. The van der Waals surface area contributed by atoms with Crippen LogP contribution in [-0.4, -0.2) is 19.7 Å². The first kappa shape index (κ1) is 15.6. The van der Waals surface area contributed by atoms with E-state index in [1.54, 1.807) is 19.2 Å². The lowest BCUT2D eigenvalue weighted by molar-refractivity contribution is -0.138. The van der Waals surface area contributed by atoms with Gasteiger partial charge in [0.25, 0.3) is 0 Å². The van der Waals surface area contributed by atoms with Crippen LogP contribution in [0.25, 0.3) is 17.0 Å². The van der Waals surface area contributed by atoms with E-state index in [4.69, 9.17) is 19.2 Å². The summed E-state index contributed by atoms with van der Waals surface area (Å²) in [6, 6.07) is 9.08. The number of hydrogen-bond acceptors (Lipinski definition) is 5. The Labute approximate surface area is 128 Å². The average molecular weight is 299 g/mol. The molecular weight excluding hydrogens is 282 g/mol. The maximum Gasteiger partial charge on any atom is 0.349 e. The zero-order valence-electron chi connectivity index (χ0n) is 12.6. The number of carbonyl (C=O) groups is 1. The van der Waals surface area contributed by atoms with E-state index in [0.29, 0.717) is 23.7 Å². The van der Waals surface area contributed by atoms with Crippen LogP contribution < -0.4 is 4.74 Å². The highest BCUT2D eigenvalue weighted by Gasteiger charge is 2.13. The molecule has 0 aliphatic heterocycles. The molecule has 2 rings (SSSR count). The monoisotopic (exact) mass is 299 g/mol. The average Bonchev–Trinajstić information content (AvgIpc) is 2.95. The summed E-state index contributed by atoms with van der Waals surface area (Å²) in [5.41, 5.74) is 0.488. The third-order valence-electron chi connectivity index (χ3n) is 3.10. The summed E-state index contributed by atoms with van der Waals surface area (Å²) in [4.78, 5) is 11.8. The zero-order chi connectivity index (χ0) is 15.9. The molecular formula is C17H17NO4. The van der Waals surface area contributed by atoms with Crippen molar-refractivity contribution >= 4 is 23.0 Å².